The van der Waals surface area contributed by atoms with E-state index >= 15 is 0 Å². The van der Waals surface area contributed by atoms with Gasteiger partial charge in [0.1, 0.15) is 0 Å². The first kappa shape index (κ1) is 34.8. The van der Waals surface area contributed by atoms with E-state index in [1.165, 1.54) is 50.1 Å². The van der Waals surface area contributed by atoms with Gasteiger partial charge in [0.05, 0.1) is 11.2 Å². The Labute approximate surface area is 339 Å². The SMILES string of the molecule is c1ccc(-c2nc(-c3ccc(-c4cccc(-c5cc(-c6ccccc6)c(-c6ccccc6)c(-c6ccccc6)c5-c5ccccc5)c4)cc3)c3ccccc3n2)cc1. The summed E-state index contributed by atoms with van der Waals surface area (Å²) in [4.78, 5) is 10.0. The summed E-state index contributed by atoms with van der Waals surface area (Å²) in [5.41, 5.74) is 18.1. The summed E-state index contributed by atoms with van der Waals surface area (Å²) < 4.78 is 0. The molecule has 2 heteroatoms. The lowest BCUT2D eigenvalue weighted by Gasteiger charge is -2.24. The molecule has 0 saturated carbocycles. The molecule has 0 atom stereocenters. The van der Waals surface area contributed by atoms with Crippen LogP contribution in [0, 0.1) is 0 Å². The molecule has 0 N–H and O–H groups in total. The minimum Gasteiger partial charge on any atom is -0.228 e. The van der Waals surface area contributed by atoms with Gasteiger partial charge in [0, 0.05) is 16.5 Å². The van der Waals surface area contributed by atoms with Crippen LogP contribution in [-0.2, 0) is 0 Å². The summed E-state index contributed by atoms with van der Waals surface area (Å²) in [7, 11) is 0. The molecule has 0 aliphatic rings. The number of aromatic nitrogens is 2. The number of fused-ring (bicyclic) bond motifs is 1. The van der Waals surface area contributed by atoms with E-state index in [0.717, 1.165) is 50.2 Å². The van der Waals surface area contributed by atoms with Crippen molar-refractivity contribution >= 4 is 10.9 Å². The molecule has 0 aliphatic carbocycles. The Morgan fingerprint density at radius 2 is 0.672 bits per heavy atom. The first-order valence-electron chi connectivity index (χ1n) is 19.7. The van der Waals surface area contributed by atoms with E-state index in [9.17, 15) is 0 Å². The zero-order chi connectivity index (χ0) is 38.7. The van der Waals surface area contributed by atoms with E-state index in [1.54, 1.807) is 0 Å². The van der Waals surface area contributed by atoms with E-state index in [1.807, 2.05) is 24.3 Å². The quantitative estimate of drug-likeness (QED) is 0.155. The topological polar surface area (TPSA) is 25.8 Å². The number of benzene rings is 9. The predicted octanol–water partition coefficient (Wildman–Crippen LogP) is 15.0. The van der Waals surface area contributed by atoms with Crippen LogP contribution in [-0.4, -0.2) is 9.97 Å². The van der Waals surface area contributed by atoms with Crippen molar-refractivity contribution in [1.29, 1.82) is 0 Å². The Morgan fingerprint density at radius 1 is 0.241 bits per heavy atom. The van der Waals surface area contributed by atoms with Crippen LogP contribution < -0.4 is 0 Å². The Kier molecular flexibility index (Phi) is 9.27. The molecule has 0 fully saturated rings. The van der Waals surface area contributed by atoms with Crippen LogP contribution >= 0.6 is 0 Å². The molecular weight excluding hydrogens is 701 g/mol. The Morgan fingerprint density at radius 3 is 1.26 bits per heavy atom. The molecule has 1 aromatic heterocycles. The van der Waals surface area contributed by atoms with Gasteiger partial charge in [-0.2, -0.15) is 0 Å². The highest BCUT2D eigenvalue weighted by atomic mass is 14.9. The minimum atomic E-state index is 0.725. The maximum atomic E-state index is 5.12. The van der Waals surface area contributed by atoms with E-state index in [2.05, 4.69) is 206 Å². The predicted molar refractivity (Wildman–Crippen MR) is 243 cm³/mol. The van der Waals surface area contributed by atoms with E-state index in [-0.39, 0.29) is 0 Å². The van der Waals surface area contributed by atoms with Crippen LogP contribution in [0.15, 0.2) is 231 Å². The van der Waals surface area contributed by atoms with Gasteiger partial charge in [0.25, 0.3) is 0 Å². The molecule has 0 aliphatic heterocycles. The molecule has 0 radical (unpaired) electrons. The monoisotopic (exact) mass is 738 g/mol. The number of nitrogens with zero attached hydrogens (tertiary/aromatic N) is 2. The number of rotatable bonds is 8. The first-order chi connectivity index (χ1) is 28.8. The molecule has 58 heavy (non-hydrogen) atoms. The molecule has 10 rings (SSSR count). The van der Waals surface area contributed by atoms with Crippen LogP contribution in [0.3, 0.4) is 0 Å². The molecule has 1 heterocycles. The van der Waals surface area contributed by atoms with Crippen molar-refractivity contribution in [3.05, 3.63) is 231 Å². The molecule has 0 bridgehead atoms. The van der Waals surface area contributed by atoms with Crippen molar-refractivity contribution in [2.75, 3.05) is 0 Å². The summed E-state index contributed by atoms with van der Waals surface area (Å²) in [6.45, 7) is 0. The standard InChI is InChI=1S/C56H38N2/c1-6-19-40(20-7-1)49-38-50(53(42-23-10-3-11-24-42)54(43-25-12-4-13-26-43)52(49)41-21-8-2-9-22-41)47-30-18-29-46(37-47)39-33-35-44(36-34-39)55-48-31-16-17-32-51(48)57-56(58-55)45-27-14-5-15-28-45/h1-38H. The van der Waals surface area contributed by atoms with E-state index < -0.39 is 0 Å². The lowest BCUT2D eigenvalue weighted by molar-refractivity contribution is 1.23. The number of hydrogen-bond acceptors (Lipinski definition) is 2. The van der Waals surface area contributed by atoms with E-state index in [0.29, 0.717) is 0 Å². The smallest absolute Gasteiger partial charge is 0.160 e. The van der Waals surface area contributed by atoms with Gasteiger partial charge < -0.3 is 0 Å². The summed E-state index contributed by atoms with van der Waals surface area (Å²) in [6, 6.07) is 82.1. The summed E-state index contributed by atoms with van der Waals surface area (Å²) >= 11 is 0. The van der Waals surface area contributed by atoms with Gasteiger partial charge >= 0.3 is 0 Å². The van der Waals surface area contributed by atoms with E-state index in [4.69, 9.17) is 9.97 Å². The minimum absolute atomic E-state index is 0.725. The second-order valence-electron chi connectivity index (χ2n) is 14.5. The third-order valence-electron chi connectivity index (χ3n) is 10.9. The van der Waals surface area contributed by atoms with Crippen molar-refractivity contribution in [1.82, 2.24) is 9.97 Å². The fourth-order valence-electron chi connectivity index (χ4n) is 8.16. The lowest BCUT2D eigenvalue weighted by atomic mass is 9.78. The third-order valence-corrected chi connectivity index (χ3v) is 10.9. The molecule has 0 unspecified atom stereocenters. The summed E-state index contributed by atoms with van der Waals surface area (Å²) in [5.74, 6) is 0.725. The average molecular weight is 739 g/mol. The van der Waals surface area contributed by atoms with Crippen LogP contribution in [0.1, 0.15) is 0 Å². The van der Waals surface area contributed by atoms with Gasteiger partial charge in [-0.3, -0.25) is 0 Å². The Hall–Kier alpha value is -7.68. The molecule has 0 spiro atoms. The maximum Gasteiger partial charge on any atom is 0.160 e. The molecule has 2 nitrogen and oxygen atoms in total. The van der Waals surface area contributed by atoms with Crippen LogP contribution in [0.2, 0.25) is 0 Å². The normalized spacial score (nSPS) is 11.1. The molecular formula is C56H38N2. The maximum absolute atomic E-state index is 5.12. The second kappa shape index (κ2) is 15.5. The second-order valence-corrected chi connectivity index (χ2v) is 14.5. The highest BCUT2D eigenvalue weighted by molar-refractivity contribution is 6.07. The molecule has 272 valence electrons. The fourth-order valence-corrected chi connectivity index (χ4v) is 8.16. The Bertz CT molecular complexity index is 3000. The van der Waals surface area contributed by atoms with Gasteiger partial charge in [-0.25, -0.2) is 9.97 Å². The van der Waals surface area contributed by atoms with Crippen molar-refractivity contribution < 1.29 is 0 Å². The van der Waals surface area contributed by atoms with Crippen LogP contribution in [0.4, 0.5) is 0 Å². The molecule has 10 aromatic rings. The molecule has 0 saturated heterocycles. The first-order valence-corrected chi connectivity index (χ1v) is 19.7. The van der Waals surface area contributed by atoms with Gasteiger partial charge in [-0.1, -0.05) is 212 Å². The fraction of sp³-hybridized carbons (Fsp3) is 0. The van der Waals surface area contributed by atoms with Crippen molar-refractivity contribution in [3.8, 4) is 89.4 Å². The van der Waals surface area contributed by atoms with Crippen molar-refractivity contribution in [2.24, 2.45) is 0 Å². The van der Waals surface area contributed by atoms with Gasteiger partial charge in [0.2, 0.25) is 0 Å². The largest absolute Gasteiger partial charge is 0.228 e. The zero-order valence-electron chi connectivity index (χ0n) is 31.8. The van der Waals surface area contributed by atoms with Gasteiger partial charge in [-0.05, 0) is 85.0 Å². The lowest BCUT2D eigenvalue weighted by Crippen LogP contribution is -1.98. The molecule has 9 aromatic carbocycles. The number of hydrogen-bond donors (Lipinski definition) is 0. The van der Waals surface area contributed by atoms with Gasteiger partial charge in [0.15, 0.2) is 5.82 Å². The number of para-hydroxylation sites is 1. The van der Waals surface area contributed by atoms with Crippen LogP contribution in [0.5, 0.6) is 0 Å². The third kappa shape index (κ3) is 6.67. The highest BCUT2D eigenvalue weighted by Crippen LogP contribution is 2.50. The zero-order valence-corrected chi connectivity index (χ0v) is 31.8. The summed E-state index contributed by atoms with van der Waals surface area (Å²) in [6.07, 6.45) is 0. The summed E-state index contributed by atoms with van der Waals surface area (Å²) in [5, 5.41) is 1.03. The Balaban J connectivity index is 1.16. The molecule has 0 amide bonds. The van der Waals surface area contributed by atoms with Crippen LogP contribution in [0.25, 0.3) is 100 Å². The van der Waals surface area contributed by atoms with Crippen molar-refractivity contribution in [3.63, 3.8) is 0 Å². The van der Waals surface area contributed by atoms with Gasteiger partial charge in [-0.15, -0.1) is 0 Å². The van der Waals surface area contributed by atoms with Crippen molar-refractivity contribution in [2.45, 2.75) is 0 Å². The highest BCUT2D eigenvalue weighted by Gasteiger charge is 2.24. The average Bonchev–Trinajstić information content (AvgIpc) is 3.32.